The van der Waals surface area contributed by atoms with Crippen LogP contribution in [-0.4, -0.2) is 200 Å². The molecule has 3 aromatic rings. The van der Waals surface area contributed by atoms with Crippen LogP contribution < -0.4 is 0 Å². The lowest BCUT2D eigenvalue weighted by molar-refractivity contribution is -0.275. The maximum Gasteiger partial charge on any atom is 0.309 e. The number of aromatic nitrogens is 4. The number of rotatable bonds is 17. The molecule has 1 aromatic carbocycles. The number of nitrogens with zero attached hydrogens (tertiary/aromatic N) is 7. The van der Waals surface area contributed by atoms with E-state index in [9.17, 15) is 30.3 Å². The zero-order valence-electron chi connectivity index (χ0n) is 48.7. The first-order valence-electron chi connectivity index (χ1n) is 28.0. The Morgan fingerprint density at radius 1 is 0.922 bits per heavy atom. The normalized spacial score (nSPS) is 35.6. The minimum Gasteiger partial charge on any atom is -0.459 e. The lowest BCUT2D eigenvalue weighted by atomic mass is 9.68. The van der Waals surface area contributed by atoms with Crippen LogP contribution in [-0.2, 0) is 47.7 Å². The first kappa shape index (κ1) is 62.3. The van der Waals surface area contributed by atoms with Crippen LogP contribution in [0.5, 0.6) is 0 Å². The van der Waals surface area contributed by atoms with Crippen LogP contribution in [0.2, 0.25) is 0 Å². The Balaban J connectivity index is 1.19. The number of hydrogen-bond acceptors (Lipinski definition) is 17. The first-order chi connectivity index (χ1) is 36.2. The summed E-state index contributed by atoms with van der Waals surface area (Å²) in [5.41, 5.74) is 0.916. The number of benzene rings is 1. The van der Waals surface area contributed by atoms with Crippen molar-refractivity contribution in [2.24, 2.45) is 23.7 Å². The molecule has 5 heterocycles. The highest BCUT2D eigenvalue weighted by molar-refractivity contribution is 5.73. The van der Waals surface area contributed by atoms with Crippen molar-refractivity contribution in [2.45, 2.75) is 192 Å². The molecule has 3 aliphatic heterocycles. The number of likely N-dealkylation sites (N-methyl/N-ethyl adjacent to an activating group) is 3. The van der Waals surface area contributed by atoms with E-state index in [4.69, 9.17) is 23.7 Å². The summed E-state index contributed by atoms with van der Waals surface area (Å²) in [7, 11) is 9.54. The Morgan fingerprint density at radius 3 is 2.22 bits per heavy atom. The van der Waals surface area contributed by atoms with Gasteiger partial charge >= 0.3 is 5.97 Å². The second kappa shape index (κ2) is 26.6. The fourth-order valence-corrected chi connectivity index (χ4v) is 12.4. The number of carbonyl (C=O) groups excluding carboxylic acids is 1. The summed E-state index contributed by atoms with van der Waals surface area (Å²) in [6.07, 6.45) is 1.16. The molecular formula is C59H95N7O11. The van der Waals surface area contributed by atoms with Crippen LogP contribution in [0.15, 0.2) is 61.1 Å². The van der Waals surface area contributed by atoms with Gasteiger partial charge < -0.3 is 63.9 Å². The van der Waals surface area contributed by atoms with Crippen LogP contribution in [0.3, 0.4) is 0 Å². The van der Waals surface area contributed by atoms with E-state index in [1.54, 1.807) is 51.4 Å². The number of carbonyl (C=O) groups is 1. The molecule has 0 bridgehead atoms. The quantitative estimate of drug-likeness (QED) is 0.106. The topological polar surface area (TPSA) is 218 Å². The van der Waals surface area contributed by atoms with Crippen molar-refractivity contribution in [3.05, 3.63) is 78.0 Å². The molecule has 3 fully saturated rings. The highest BCUT2D eigenvalue weighted by Crippen LogP contribution is 2.45. The van der Waals surface area contributed by atoms with E-state index in [0.29, 0.717) is 32.4 Å². The molecule has 0 saturated carbocycles. The number of cyclic esters (lactones) is 1. The summed E-state index contributed by atoms with van der Waals surface area (Å²) < 4.78 is 34.3. The molecule has 18 nitrogen and oxygen atoms in total. The Kier molecular flexibility index (Phi) is 21.5. The number of hydrogen-bond donors (Lipinski definition) is 5. The van der Waals surface area contributed by atoms with Gasteiger partial charge in [0, 0.05) is 101 Å². The molecule has 18 heteroatoms. The van der Waals surface area contributed by atoms with Crippen molar-refractivity contribution in [1.82, 2.24) is 34.7 Å². The van der Waals surface area contributed by atoms with Gasteiger partial charge in [-0.2, -0.15) is 0 Å². The molecule has 3 unspecified atom stereocenters. The van der Waals surface area contributed by atoms with Gasteiger partial charge in [0.1, 0.15) is 23.9 Å². The SMILES string of the molecule is C=C1[C@@H](O)[C@](C)(O)[C@@H](CC)OC(=O)[C@H](C)[C@@H](C2C[C@@](C)(OC)[C@@H](O)[C@H](C)O2)[C@H](C)[C@@H](O[C@H]2CC(N(C)CCc3cn(C(CO)Cc4ccc(-c5ccc(CCN(C)C)nc5)cc4)nn3)C[C@@H](C)O2)[C@](C)(O)C[C@@H](C)CN1C. The molecule has 6 rings (SSSR count). The van der Waals surface area contributed by atoms with Crippen molar-refractivity contribution in [2.75, 3.05) is 61.5 Å². The molecule has 2 aromatic heterocycles. The fourth-order valence-electron chi connectivity index (χ4n) is 12.4. The van der Waals surface area contributed by atoms with E-state index in [1.807, 2.05) is 40.1 Å². The standard InChI is InChI=1S/C59H95N7O11/c1-16-50-59(10,72)53(68)40(6)65(14)33-36(2)30-57(8,71)55(38(4)52(39(5)56(70)76-50)49-31-58(9,73-15)54(69)41(7)75-49)77-51-29-47(27-37(3)74-51)64(13)26-24-46-34-66(62-61-46)48(35-67)28-42-17-19-43(20-18-42)44-21-22-45(60-32-44)23-25-63(11)12/h17-22,32,34,36-39,41,47-55,67-69,71-72H,6,16,23-31,33,35H2,1-5,7-15H3/t36-,37-,38+,39-,41+,47?,48?,49?,50-,51+,52+,53-,54+,55-,57-,58-,59-/m1/s1. The zero-order chi connectivity index (χ0) is 56.7. The van der Waals surface area contributed by atoms with Gasteiger partial charge in [0.25, 0.3) is 0 Å². The van der Waals surface area contributed by atoms with Crippen LogP contribution in [0.25, 0.3) is 11.1 Å². The minimum absolute atomic E-state index is 0.0335. The van der Waals surface area contributed by atoms with Crippen LogP contribution in [0.1, 0.15) is 117 Å². The van der Waals surface area contributed by atoms with Gasteiger partial charge in [-0.05, 0) is 110 Å². The smallest absolute Gasteiger partial charge is 0.309 e. The second-order valence-corrected chi connectivity index (χ2v) is 24.1. The third-order valence-electron chi connectivity index (χ3n) is 17.2. The second-order valence-electron chi connectivity index (χ2n) is 24.1. The molecule has 0 aliphatic carbocycles. The molecule has 432 valence electrons. The molecule has 77 heavy (non-hydrogen) atoms. The van der Waals surface area contributed by atoms with Crippen LogP contribution >= 0.6 is 0 Å². The number of pyridine rings is 1. The third kappa shape index (κ3) is 15.3. The highest BCUT2D eigenvalue weighted by Gasteiger charge is 2.54. The van der Waals surface area contributed by atoms with Crippen molar-refractivity contribution < 1.29 is 54.0 Å². The van der Waals surface area contributed by atoms with Crippen molar-refractivity contribution in [1.29, 1.82) is 0 Å². The van der Waals surface area contributed by atoms with Crippen molar-refractivity contribution in [3.63, 3.8) is 0 Å². The number of aliphatic hydroxyl groups excluding tert-OH is 3. The number of aliphatic hydroxyl groups is 5. The predicted octanol–water partition coefficient (Wildman–Crippen LogP) is 5.48. The van der Waals surface area contributed by atoms with Gasteiger partial charge in [0.15, 0.2) is 6.29 Å². The van der Waals surface area contributed by atoms with Gasteiger partial charge in [0.2, 0.25) is 0 Å². The summed E-state index contributed by atoms with van der Waals surface area (Å²) in [4.78, 5) is 25.5. The van der Waals surface area contributed by atoms with E-state index >= 15 is 0 Å². The molecular weight excluding hydrogens is 983 g/mol. The molecule has 0 amide bonds. The third-order valence-corrected chi connectivity index (χ3v) is 17.2. The summed E-state index contributed by atoms with van der Waals surface area (Å²) in [5.74, 6) is -2.93. The molecule has 3 aliphatic rings. The fraction of sp³-hybridized carbons (Fsp3) is 0.729. The van der Waals surface area contributed by atoms with E-state index < -0.39 is 83.4 Å². The van der Waals surface area contributed by atoms with Gasteiger partial charge in [-0.15, -0.1) is 5.10 Å². The van der Waals surface area contributed by atoms with Crippen molar-refractivity contribution in [3.8, 4) is 11.1 Å². The van der Waals surface area contributed by atoms with Gasteiger partial charge in [-0.1, -0.05) is 69.8 Å². The Hall–Kier alpha value is -3.92. The largest absolute Gasteiger partial charge is 0.459 e. The number of methoxy groups -OCH3 is 1. The number of esters is 1. The van der Waals surface area contributed by atoms with E-state index in [1.165, 1.54) is 6.92 Å². The number of ether oxygens (including phenoxy) is 5. The Labute approximate surface area is 459 Å². The van der Waals surface area contributed by atoms with Gasteiger partial charge in [0.05, 0.1) is 59.9 Å². The van der Waals surface area contributed by atoms with E-state index in [2.05, 4.69) is 89.2 Å². The molecule has 3 saturated heterocycles. The van der Waals surface area contributed by atoms with Gasteiger partial charge in [-0.3, -0.25) is 9.78 Å². The maximum atomic E-state index is 14.6. The van der Waals surface area contributed by atoms with Gasteiger partial charge in [-0.25, -0.2) is 4.68 Å². The molecule has 5 N–H and O–H groups in total. The lowest BCUT2D eigenvalue weighted by Crippen LogP contribution is -2.60. The zero-order valence-corrected chi connectivity index (χ0v) is 48.7. The highest BCUT2D eigenvalue weighted by atomic mass is 16.7. The van der Waals surface area contributed by atoms with Crippen LogP contribution in [0, 0.1) is 23.7 Å². The molecule has 17 atom stereocenters. The van der Waals surface area contributed by atoms with Crippen molar-refractivity contribution >= 4 is 5.97 Å². The first-order valence-corrected chi connectivity index (χ1v) is 28.0. The summed E-state index contributed by atoms with van der Waals surface area (Å²) in [6.45, 7) is 22.4. The monoisotopic (exact) mass is 1080 g/mol. The Bertz CT molecular complexity index is 2330. The summed E-state index contributed by atoms with van der Waals surface area (Å²) in [6, 6.07) is 12.3. The predicted molar refractivity (Wildman–Crippen MR) is 296 cm³/mol. The molecule has 0 spiro atoms. The maximum absolute atomic E-state index is 14.6. The lowest BCUT2D eigenvalue weighted by Gasteiger charge is -2.51. The summed E-state index contributed by atoms with van der Waals surface area (Å²) in [5, 5.41) is 67.3. The minimum atomic E-state index is -1.89. The molecule has 0 radical (unpaired) electrons. The average molecular weight is 1080 g/mol. The van der Waals surface area contributed by atoms with Crippen LogP contribution in [0.4, 0.5) is 0 Å². The summed E-state index contributed by atoms with van der Waals surface area (Å²) >= 11 is 0. The van der Waals surface area contributed by atoms with E-state index in [-0.39, 0.29) is 55.7 Å². The van der Waals surface area contributed by atoms with E-state index in [0.717, 1.165) is 47.5 Å². The Morgan fingerprint density at radius 2 is 1.60 bits per heavy atom. The average Bonchev–Trinajstić information content (AvgIpc) is 3.88.